The number of nitrogens with one attached hydrogen (secondary N) is 1. The molecule has 4 nitrogen and oxygen atoms in total. The van der Waals surface area contributed by atoms with Crippen LogP contribution in [0, 0.1) is 12.7 Å². The Hall–Kier alpha value is -2.40. The Labute approximate surface area is 138 Å². The zero-order valence-corrected chi connectivity index (χ0v) is 13.5. The Kier molecular flexibility index (Phi) is 5.71. The van der Waals surface area contributed by atoms with Crippen LogP contribution in [0.15, 0.2) is 47.6 Å². The summed E-state index contributed by atoms with van der Waals surface area (Å²) in [6, 6.07) is 10.9. The van der Waals surface area contributed by atoms with Gasteiger partial charge in [-0.2, -0.15) is 5.10 Å². The van der Waals surface area contributed by atoms with Crippen molar-refractivity contribution in [3.63, 3.8) is 0 Å². The van der Waals surface area contributed by atoms with Crippen molar-refractivity contribution in [1.82, 2.24) is 5.43 Å². The molecule has 0 heterocycles. The zero-order chi connectivity index (χ0) is 16.8. The Morgan fingerprint density at radius 2 is 2.00 bits per heavy atom. The lowest BCUT2D eigenvalue weighted by Gasteiger charge is -2.14. The summed E-state index contributed by atoms with van der Waals surface area (Å²) in [5.74, 6) is -0.135. The summed E-state index contributed by atoms with van der Waals surface area (Å²) in [6.07, 6.45) is 0.706. The normalized spacial score (nSPS) is 12.2. The fourth-order valence-electron chi connectivity index (χ4n) is 1.80. The Morgan fingerprint density at radius 1 is 1.30 bits per heavy atom. The van der Waals surface area contributed by atoms with Crippen LogP contribution in [0.3, 0.4) is 0 Å². The van der Waals surface area contributed by atoms with Crippen molar-refractivity contribution in [2.45, 2.75) is 20.0 Å². The molecule has 0 fully saturated rings. The van der Waals surface area contributed by atoms with Gasteiger partial charge < -0.3 is 4.74 Å². The summed E-state index contributed by atoms with van der Waals surface area (Å²) in [5.41, 5.74) is 3.90. The van der Waals surface area contributed by atoms with Crippen molar-refractivity contribution in [3.8, 4) is 5.75 Å². The molecule has 6 heteroatoms. The molecule has 0 spiro atoms. The number of aryl methyl sites for hydroxylation is 1. The molecule has 1 N–H and O–H groups in total. The first-order valence-corrected chi connectivity index (χ1v) is 7.35. The minimum absolute atomic E-state index is 0.327. The third-order valence-electron chi connectivity index (χ3n) is 3.07. The van der Waals surface area contributed by atoms with Gasteiger partial charge in [-0.1, -0.05) is 23.7 Å². The van der Waals surface area contributed by atoms with Crippen LogP contribution >= 0.6 is 11.6 Å². The van der Waals surface area contributed by atoms with E-state index in [0.717, 1.165) is 5.56 Å². The van der Waals surface area contributed by atoms with Crippen LogP contribution in [0.5, 0.6) is 5.75 Å². The minimum Gasteiger partial charge on any atom is -0.481 e. The summed E-state index contributed by atoms with van der Waals surface area (Å²) in [4.78, 5) is 11.9. The molecule has 0 saturated heterocycles. The van der Waals surface area contributed by atoms with Gasteiger partial charge in [0.25, 0.3) is 5.91 Å². The van der Waals surface area contributed by atoms with Crippen LogP contribution in [0.25, 0.3) is 0 Å². The van der Waals surface area contributed by atoms with Crippen molar-refractivity contribution >= 4 is 23.7 Å². The van der Waals surface area contributed by atoms with Crippen molar-refractivity contribution in [1.29, 1.82) is 0 Å². The van der Waals surface area contributed by atoms with Gasteiger partial charge >= 0.3 is 0 Å². The van der Waals surface area contributed by atoms with Gasteiger partial charge in [-0.25, -0.2) is 9.82 Å². The van der Waals surface area contributed by atoms with Crippen molar-refractivity contribution in [3.05, 3.63) is 64.4 Å². The van der Waals surface area contributed by atoms with Gasteiger partial charge in [0.2, 0.25) is 0 Å². The highest BCUT2D eigenvalue weighted by Crippen LogP contribution is 2.22. The molecule has 0 aromatic heterocycles. The number of halogens is 2. The maximum absolute atomic E-state index is 12.8. The molecular formula is C17H16ClFN2O2. The number of ether oxygens (including phenoxy) is 1. The number of nitrogens with zero attached hydrogens (tertiary/aromatic N) is 1. The van der Waals surface area contributed by atoms with Gasteiger partial charge in [0.15, 0.2) is 6.10 Å². The monoisotopic (exact) mass is 334 g/mol. The Balaban J connectivity index is 1.90. The molecule has 120 valence electrons. The van der Waals surface area contributed by atoms with Crippen LogP contribution in [-0.4, -0.2) is 18.2 Å². The second-order valence-electron chi connectivity index (χ2n) is 4.96. The van der Waals surface area contributed by atoms with E-state index in [1.54, 1.807) is 37.3 Å². The number of carbonyl (C=O) groups is 1. The molecule has 0 unspecified atom stereocenters. The number of amides is 1. The van der Waals surface area contributed by atoms with E-state index in [-0.39, 0.29) is 5.82 Å². The van der Waals surface area contributed by atoms with E-state index in [1.807, 2.05) is 6.92 Å². The van der Waals surface area contributed by atoms with Crippen LogP contribution in [0.2, 0.25) is 5.02 Å². The van der Waals surface area contributed by atoms with Gasteiger partial charge in [-0.05, 0) is 55.3 Å². The van der Waals surface area contributed by atoms with E-state index in [0.29, 0.717) is 16.3 Å². The molecule has 23 heavy (non-hydrogen) atoms. The maximum Gasteiger partial charge on any atom is 0.280 e. The predicted octanol–water partition coefficient (Wildman–Crippen LogP) is 3.71. The second kappa shape index (κ2) is 7.74. The molecule has 2 rings (SSSR count). The quantitative estimate of drug-likeness (QED) is 0.669. The van der Waals surface area contributed by atoms with E-state index in [2.05, 4.69) is 10.5 Å². The highest BCUT2D eigenvalue weighted by atomic mass is 35.5. The largest absolute Gasteiger partial charge is 0.481 e. The Bertz CT molecular complexity index is 717. The third kappa shape index (κ3) is 5.07. The summed E-state index contributed by atoms with van der Waals surface area (Å²) < 4.78 is 18.4. The fraction of sp³-hybridized carbons (Fsp3) is 0.176. The first-order valence-electron chi connectivity index (χ1n) is 6.97. The fourth-order valence-corrected chi connectivity index (χ4v) is 2.03. The van der Waals surface area contributed by atoms with Crippen LogP contribution in [0.4, 0.5) is 4.39 Å². The average molecular weight is 335 g/mol. The number of rotatable bonds is 5. The average Bonchev–Trinajstić information content (AvgIpc) is 2.51. The molecule has 0 saturated carbocycles. The number of benzene rings is 2. The topological polar surface area (TPSA) is 50.7 Å². The van der Waals surface area contributed by atoms with Gasteiger partial charge in [-0.3, -0.25) is 4.79 Å². The smallest absolute Gasteiger partial charge is 0.280 e. The molecule has 0 radical (unpaired) electrons. The molecule has 2 aromatic carbocycles. The lowest BCUT2D eigenvalue weighted by Crippen LogP contribution is -2.33. The van der Waals surface area contributed by atoms with E-state index in [4.69, 9.17) is 16.3 Å². The van der Waals surface area contributed by atoms with Crippen molar-refractivity contribution in [2.75, 3.05) is 0 Å². The Morgan fingerprint density at radius 3 is 2.65 bits per heavy atom. The van der Waals surface area contributed by atoms with Gasteiger partial charge in [0.05, 0.1) is 6.21 Å². The van der Waals surface area contributed by atoms with E-state index >= 15 is 0 Å². The van der Waals surface area contributed by atoms with Crippen LogP contribution in [0.1, 0.15) is 18.1 Å². The number of hydrogen-bond acceptors (Lipinski definition) is 3. The predicted molar refractivity (Wildman–Crippen MR) is 88.4 cm³/mol. The molecule has 1 amide bonds. The summed E-state index contributed by atoms with van der Waals surface area (Å²) >= 11 is 5.88. The number of hydrazone groups is 1. The first kappa shape index (κ1) is 17.0. The zero-order valence-electron chi connectivity index (χ0n) is 12.7. The van der Waals surface area contributed by atoms with E-state index in [9.17, 15) is 9.18 Å². The molecule has 1 atom stereocenters. The molecular weight excluding hydrogens is 319 g/mol. The van der Waals surface area contributed by atoms with Gasteiger partial charge in [-0.15, -0.1) is 0 Å². The van der Waals surface area contributed by atoms with Gasteiger partial charge in [0, 0.05) is 5.02 Å². The number of hydrogen-bond donors (Lipinski definition) is 1. The maximum atomic E-state index is 12.8. The van der Waals surface area contributed by atoms with Crippen molar-refractivity contribution in [2.24, 2.45) is 5.10 Å². The lowest BCUT2D eigenvalue weighted by molar-refractivity contribution is -0.127. The lowest BCUT2D eigenvalue weighted by atomic mass is 10.2. The molecule has 2 aromatic rings. The SMILES string of the molecule is Cc1cc(Cl)ccc1O[C@@H](C)C(=O)NN=Cc1ccc(F)cc1. The van der Waals surface area contributed by atoms with E-state index < -0.39 is 12.0 Å². The highest BCUT2D eigenvalue weighted by Gasteiger charge is 2.15. The van der Waals surface area contributed by atoms with Crippen LogP contribution in [-0.2, 0) is 4.79 Å². The molecule has 0 aliphatic carbocycles. The van der Waals surface area contributed by atoms with E-state index in [1.165, 1.54) is 18.3 Å². The highest BCUT2D eigenvalue weighted by molar-refractivity contribution is 6.30. The minimum atomic E-state index is -0.722. The standard InChI is InChI=1S/C17H16ClFN2O2/c1-11-9-14(18)5-8-16(11)23-12(2)17(22)21-20-10-13-3-6-15(19)7-4-13/h3-10,12H,1-2H3,(H,21,22)/t12-/m0/s1. The molecule has 0 aliphatic rings. The van der Waals surface area contributed by atoms with Crippen LogP contribution < -0.4 is 10.2 Å². The summed E-state index contributed by atoms with van der Waals surface area (Å²) in [5, 5.41) is 4.43. The van der Waals surface area contributed by atoms with Gasteiger partial charge in [0.1, 0.15) is 11.6 Å². The molecule has 0 bridgehead atoms. The first-order chi connectivity index (χ1) is 11.0. The molecule has 0 aliphatic heterocycles. The summed E-state index contributed by atoms with van der Waals surface area (Å²) in [6.45, 7) is 3.47. The van der Waals surface area contributed by atoms with Crippen molar-refractivity contribution < 1.29 is 13.9 Å². The second-order valence-corrected chi connectivity index (χ2v) is 5.39. The number of carbonyl (C=O) groups excluding carboxylic acids is 1. The third-order valence-corrected chi connectivity index (χ3v) is 3.30. The summed E-state index contributed by atoms with van der Waals surface area (Å²) in [7, 11) is 0.